The Labute approximate surface area is 117 Å². The lowest BCUT2D eigenvalue weighted by Crippen LogP contribution is -2.09. The number of hydrogen-bond acceptors (Lipinski definition) is 4. The highest BCUT2D eigenvalue weighted by Gasteiger charge is 2.22. The molecule has 21 heavy (non-hydrogen) atoms. The Morgan fingerprint density at radius 1 is 0.714 bits per heavy atom. The summed E-state index contributed by atoms with van der Waals surface area (Å²) in [5, 5.41) is 36.6. The van der Waals surface area contributed by atoms with Gasteiger partial charge >= 0.3 is 17.9 Å². The predicted octanol–water partition coefficient (Wildman–Crippen LogP) is 1.43. The van der Waals surface area contributed by atoms with Crippen molar-refractivity contribution < 1.29 is 34.8 Å². The molecule has 0 aliphatic carbocycles. The fourth-order valence-corrected chi connectivity index (χ4v) is 2.23. The van der Waals surface area contributed by atoms with Gasteiger partial charge in [0.25, 0.3) is 0 Å². The first-order chi connectivity index (χ1) is 9.88. The SMILES string of the molecule is O=C(O)c1ccc(C(=O)O)c2c(C(=O)O)ccc(CO)c12. The van der Waals surface area contributed by atoms with Crippen LogP contribution in [0.4, 0.5) is 0 Å². The Hall–Kier alpha value is -2.93. The van der Waals surface area contributed by atoms with E-state index in [1.165, 1.54) is 6.07 Å². The van der Waals surface area contributed by atoms with E-state index in [0.717, 1.165) is 18.2 Å². The van der Waals surface area contributed by atoms with Gasteiger partial charge < -0.3 is 20.4 Å². The fraction of sp³-hybridized carbons (Fsp3) is 0.0714. The van der Waals surface area contributed by atoms with E-state index in [1.54, 1.807) is 0 Å². The number of aromatic carboxylic acids is 3. The largest absolute Gasteiger partial charge is 0.478 e. The number of benzene rings is 2. The van der Waals surface area contributed by atoms with Crippen molar-refractivity contribution in [2.45, 2.75) is 6.61 Å². The van der Waals surface area contributed by atoms with Crippen LogP contribution in [0.2, 0.25) is 0 Å². The third-order valence-electron chi connectivity index (χ3n) is 3.11. The lowest BCUT2D eigenvalue weighted by Gasteiger charge is -2.12. The first-order valence-electron chi connectivity index (χ1n) is 5.77. The molecule has 0 atom stereocenters. The summed E-state index contributed by atoms with van der Waals surface area (Å²) in [5.74, 6) is -4.10. The smallest absolute Gasteiger partial charge is 0.336 e. The number of carbonyl (C=O) groups is 3. The van der Waals surface area contributed by atoms with E-state index < -0.39 is 24.5 Å². The van der Waals surface area contributed by atoms with Crippen molar-refractivity contribution in [1.82, 2.24) is 0 Å². The molecule has 2 aromatic carbocycles. The number of carboxylic acids is 3. The molecule has 0 radical (unpaired) electrons. The summed E-state index contributed by atoms with van der Waals surface area (Å²) in [6, 6.07) is 4.54. The van der Waals surface area contributed by atoms with Gasteiger partial charge in [-0.15, -0.1) is 0 Å². The van der Waals surface area contributed by atoms with Crippen molar-refractivity contribution in [2.75, 3.05) is 0 Å². The molecule has 2 rings (SSSR count). The Kier molecular flexibility index (Phi) is 3.60. The van der Waals surface area contributed by atoms with E-state index in [2.05, 4.69) is 0 Å². The van der Waals surface area contributed by atoms with Gasteiger partial charge in [-0.05, 0) is 23.8 Å². The first kappa shape index (κ1) is 14.5. The van der Waals surface area contributed by atoms with Gasteiger partial charge in [-0.3, -0.25) is 0 Å². The van der Waals surface area contributed by atoms with Crippen molar-refractivity contribution in [2.24, 2.45) is 0 Å². The van der Waals surface area contributed by atoms with Crippen LogP contribution in [0.25, 0.3) is 10.8 Å². The highest BCUT2D eigenvalue weighted by Crippen LogP contribution is 2.30. The number of fused-ring (bicyclic) bond motifs is 1. The average molecular weight is 290 g/mol. The minimum atomic E-state index is -1.38. The molecule has 2 aromatic rings. The van der Waals surface area contributed by atoms with Crippen molar-refractivity contribution in [3.8, 4) is 0 Å². The topological polar surface area (TPSA) is 132 Å². The van der Waals surface area contributed by atoms with E-state index in [4.69, 9.17) is 0 Å². The molecular weight excluding hydrogens is 280 g/mol. The third kappa shape index (κ3) is 2.30. The highest BCUT2D eigenvalue weighted by atomic mass is 16.4. The summed E-state index contributed by atoms with van der Waals surface area (Å²) < 4.78 is 0. The van der Waals surface area contributed by atoms with Crippen molar-refractivity contribution in [3.05, 3.63) is 46.5 Å². The standard InChI is InChI=1S/C14H10O7/c15-5-6-1-2-8(13(18)19)11-9(14(20)21)4-3-7(10(6)11)12(16)17/h1-4,15H,5H2,(H,16,17)(H,18,19)(H,20,21). The first-order valence-corrected chi connectivity index (χ1v) is 5.77. The minimum Gasteiger partial charge on any atom is -0.478 e. The quantitative estimate of drug-likeness (QED) is 0.669. The lowest BCUT2D eigenvalue weighted by atomic mass is 9.92. The Balaban J connectivity index is 3.11. The second kappa shape index (κ2) is 5.22. The van der Waals surface area contributed by atoms with Crippen LogP contribution in [0.15, 0.2) is 24.3 Å². The summed E-state index contributed by atoms with van der Waals surface area (Å²) in [5.41, 5.74) is -0.775. The molecule has 0 saturated carbocycles. The van der Waals surface area contributed by atoms with E-state index in [1.807, 2.05) is 0 Å². The maximum absolute atomic E-state index is 11.3. The van der Waals surface area contributed by atoms with Crippen LogP contribution in [-0.4, -0.2) is 38.3 Å². The molecule has 0 amide bonds. The predicted molar refractivity (Wildman–Crippen MR) is 70.7 cm³/mol. The monoisotopic (exact) mass is 290 g/mol. The summed E-state index contributed by atoms with van der Waals surface area (Å²) in [7, 11) is 0. The van der Waals surface area contributed by atoms with Crippen LogP contribution in [0.1, 0.15) is 36.6 Å². The van der Waals surface area contributed by atoms with Crippen LogP contribution >= 0.6 is 0 Å². The molecule has 0 saturated heterocycles. The summed E-state index contributed by atoms with van der Waals surface area (Å²) in [6.45, 7) is -0.542. The van der Waals surface area contributed by atoms with Crippen LogP contribution in [0.3, 0.4) is 0 Å². The Morgan fingerprint density at radius 2 is 1.10 bits per heavy atom. The zero-order chi connectivity index (χ0) is 15.7. The normalized spacial score (nSPS) is 10.5. The molecule has 7 heteroatoms. The maximum atomic E-state index is 11.3. The molecule has 7 nitrogen and oxygen atoms in total. The molecule has 0 unspecified atom stereocenters. The highest BCUT2D eigenvalue weighted by molar-refractivity contribution is 6.18. The van der Waals surface area contributed by atoms with Gasteiger partial charge in [0.1, 0.15) is 0 Å². The summed E-state index contributed by atoms with van der Waals surface area (Å²) in [4.78, 5) is 33.8. The number of rotatable bonds is 4. The van der Waals surface area contributed by atoms with Gasteiger partial charge in [-0.2, -0.15) is 0 Å². The number of hydrogen-bond donors (Lipinski definition) is 4. The van der Waals surface area contributed by atoms with Crippen LogP contribution in [-0.2, 0) is 6.61 Å². The minimum absolute atomic E-state index is 0.0789. The third-order valence-corrected chi connectivity index (χ3v) is 3.11. The number of aliphatic hydroxyl groups excluding tert-OH is 1. The van der Waals surface area contributed by atoms with E-state index in [0.29, 0.717) is 0 Å². The molecule has 0 bridgehead atoms. The molecule has 0 spiro atoms. The maximum Gasteiger partial charge on any atom is 0.336 e. The molecule has 4 N–H and O–H groups in total. The Bertz CT molecular complexity index is 756. The molecule has 0 aliphatic rings. The number of aliphatic hydroxyl groups is 1. The number of carboxylic acid groups (broad SMARTS) is 3. The zero-order valence-corrected chi connectivity index (χ0v) is 10.5. The lowest BCUT2D eigenvalue weighted by molar-refractivity contribution is 0.0681. The summed E-state index contributed by atoms with van der Waals surface area (Å²) >= 11 is 0. The van der Waals surface area contributed by atoms with E-state index in [-0.39, 0.29) is 33.0 Å². The second-order valence-corrected chi connectivity index (χ2v) is 4.26. The van der Waals surface area contributed by atoms with Crippen LogP contribution < -0.4 is 0 Å². The van der Waals surface area contributed by atoms with Gasteiger partial charge in [0.15, 0.2) is 0 Å². The molecular formula is C14H10O7. The van der Waals surface area contributed by atoms with Crippen LogP contribution in [0.5, 0.6) is 0 Å². The fourth-order valence-electron chi connectivity index (χ4n) is 2.23. The Morgan fingerprint density at radius 3 is 1.48 bits per heavy atom. The van der Waals surface area contributed by atoms with Gasteiger partial charge in [0, 0.05) is 10.8 Å². The molecule has 0 heterocycles. The molecule has 108 valence electrons. The van der Waals surface area contributed by atoms with Crippen molar-refractivity contribution in [3.63, 3.8) is 0 Å². The average Bonchev–Trinajstić information content (AvgIpc) is 2.43. The van der Waals surface area contributed by atoms with E-state index >= 15 is 0 Å². The van der Waals surface area contributed by atoms with Gasteiger partial charge in [0.05, 0.1) is 23.3 Å². The van der Waals surface area contributed by atoms with E-state index in [9.17, 15) is 34.8 Å². The van der Waals surface area contributed by atoms with Crippen LogP contribution in [0, 0.1) is 0 Å². The second-order valence-electron chi connectivity index (χ2n) is 4.26. The van der Waals surface area contributed by atoms with Crippen molar-refractivity contribution >= 4 is 28.7 Å². The van der Waals surface area contributed by atoms with Gasteiger partial charge in [-0.25, -0.2) is 14.4 Å². The van der Waals surface area contributed by atoms with Gasteiger partial charge in [-0.1, -0.05) is 6.07 Å². The molecule has 0 aliphatic heterocycles. The van der Waals surface area contributed by atoms with Gasteiger partial charge in [0.2, 0.25) is 0 Å². The molecule has 0 fully saturated rings. The van der Waals surface area contributed by atoms with Crippen molar-refractivity contribution in [1.29, 1.82) is 0 Å². The zero-order valence-electron chi connectivity index (χ0n) is 10.5. The molecule has 0 aromatic heterocycles. The summed E-state index contributed by atoms with van der Waals surface area (Å²) in [6.07, 6.45) is 0.